The topological polar surface area (TPSA) is 95.7 Å². The van der Waals surface area contributed by atoms with E-state index < -0.39 is 12.0 Å². The van der Waals surface area contributed by atoms with Gasteiger partial charge in [-0.15, -0.1) is 0 Å². The molecule has 1 rings (SSSR count). The van der Waals surface area contributed by atoms with E-state index in [1.54, 1.807) is 0 Å². The zero-order valence-electron chi connectivity index (χ0n) is 7.19. The maximum Gasteiger partial charge on any atom is 0.322 e. The molecular formula is C7H13N3O3. The summed E-state index contributed by atoms with van der Waals surface area (Å²) in [5.74, 6) is -1.17. The van der Waals surface area contributed by atoms with E-state index in [0.29, 0.717) is 13.1 Å². The second-order valence-electron chi connectivity index (χ2n) is 2.96. The van der Waals surface area contributed by atoms with E-state index in [9.17, 15) is 9.59 Å². The minimum Gasteiger partial charge on any atom is -0.480 e. The van der Waals surface area contributed by atoms with Gasteiger partial charge in [0.1, 0.15) is 6.04 Å². The predicted molar refractivity (Wildman–Crippen MR) is 45.1 cm³/mol. The Morgan fingerprint density at radius 1 is 1.77 bits per heavy atom. The van der Waals surface area contributed by atoms with E-state index in [1.165, 1.54) is 4.90 Å². The van der Waals surface area contributed by atoms with E-state index in [0.717, 1.165) is 0 Å². The van der Waals surface area contributed by atoms with Gasteiger partial charge in [0.2, 0.25) is 5.91 Å². The second-order valence-corrected chi connectivity index (χ2v) is 2.96. The van der Waals surface area contributed by atoms with Crippen LogP contribution in [0, 0.1) is 0 Å². The SMILES string of the molecule is NC(CN1CCNCC1=O)C(=O)O. The number of hydrogen-bond donors (Lipinski definition) is 3. The molecule has 4 N–H and O–H groups in total. The maximum atomic E-state index is 11.2. The second kappa shape index (κ2) is 4.20. The standard InChI is InChI=1S/C7H13N3O3/c8-5(7(12)13)4-10-2-1-9-3-6(10)11/h5,9H,1-4,8H2,(H,12,13). The van der Waals surface area contributed by atoms with Crippen LogP contribution in [-0.2, 0) is 9.59 Å². The summed E-state index contributed by atoms with van der Waals surface area (Å²) in [6.45, 7) is 1.58. The van der Waals surface area contributed by atoms with Gasteiger partial charge in [-0.25, -0.2) is 0 Å². The number of nitrogens with one attached hydrogen (secondary N) is 1. The van der Waals surface area contributed by atoms with Gasteiger partial charge in [0, 0.05) is 19.6 Å². The molecule has 1 fully saturated rings. The average molecular weight is 187 g/mol. The Morgan fingerprint density at radius 2 is 2.46 bits per heavy atom. The van der Waals surface area contributed by atoms with Gasteiger partial charge in [0.25, 0.3) is 0 Å². The third-order valence-electron chi connectivity index (χ3n) is 1.92. The smallest absolute Gasteiger partial charge is 0.322 e. The number of rotatable bonds is 3. The number of nitrogens with two attached hydrogens (primary N) is 1. The monoisotopic (exact) mass is 187 g/mol. The number of carboxylic acids is 1. The molecule has 0 aromatic heterocycles. The molecule has 1 aliphatic heterocycles. The molecule has 74 valence electrons. The first-order chi connectivity index (χ1) is 6.11. The summed E-state index contributed by atoms with van der Waals surface area (Å²) in [4.78, 5) is 23.0. The molecule has 0 spiro atoms. The molecule has 1 aliphatic rings. The highest BCUT2D eigenvalue weighted by atomic mass is 16.4. The van der Waals surface area contributed by atoms with Gasteiger partial charge in [0.05, 0.1) is 6.54 Å². The van der Waals surface area contributed by atoms with Crippen molar-refractivity contribution in [3.63, 3.8) is 0 Å². The van der Waals surface area contributed by atoms with E-state index >= 15 is 0 Å². The molecule has 0 aromatic rings. The molecule has 0 aliphatic carbocycles. The third-order valence-corrected chi connectivity index (χ3v) is 1.92. The Balaban J connectivity index is 2.42. The highest BCUT2D eigenvalue weighted by Gasteiger charge is 2.22. The van der Waals surface area contributed by atoms with E-state index in [1.807, 2.05) is 0 Å². The highest BCUT2D eigenvalue weighted by Crippen LogP contribution is 1.95. The number of amides is 1. The Hall–Kier alpha value is -1.14. The molecule has 6 nitrogen and oxygen atoms in total. The van der Waals surface area contributed by atoms with Gasteiger partial charge in [-0.2, -0.15) is 0 Å². The number of carbonyl (C=O) groups excluding carboxylic acids is 1. The van der Waals surface area contributed by atoms with Crippen LogP contribution in [0.5, 0.6) is 0 Å². The van der Waals surface area contributed by atoms with Crippen molar-refractivity contribution in [1.82, 2.24) is 10.2 Å². The predicted octanol–water partition coefficient (Wildman–Crippen LogP) is -2.17. The van der Waals surface area contributed by atoms with E-state index in [2.05, 4.69) is 5.32 Å². The minimum atomic E-state index is -1.08. The number of piperazine rings is 1. The van der Waals surface area contributed by atoms with Crippen LogP contribution >= 0.6 is 0 Å². The van der Waals surface area contributed by atoms with Crippen molar-refractivity contribution >= 4 is 11.9 Å². The summed E-state index contributed by atoms with van der Waals surface area (Å²) in [6, 6.07) is -0.984. The van der Waals surface area contributed by atoms with Crippen LogP contribution in [0.4, 0.5) is 0 Å². The van der Waals surface area contributed by atoms with Crippen molar-refractivity contribution in [3.8, 4) is 0 Å². The molecule has 0 aromatic carbocycles. The Morgan fingerprint density at radius 3 is 3.00 bits per heavy atom. The number of hydrogen-bond acceptors (Lipinski definition) is 4. The molecule has 1 unspecified atom stereocenters. The van der Waals surface area contributed by atoms with E-state index in [4.69, 9.17) is 10.8 Å². The summed E-state index contributed by atoms with van der Waals surface area (Å²) < 4.78 is 0. The Bertz CT molecular complexity index is 219. The summed E-state index contributed by atoms with van der Waals surface area (Å²) in [7, 11) is 0. The fraction of sp³-hybridized carbons (Fsp3) is 0.714. The molecule has 1 heterocycles. The number of carboxylic acid groups (broad SMARTS) is 1. The molecule has 1 atom stereocenters. The van der Waals surface area contributed by atoms with Gasteiger partial charge in [-0.3, -0.25) is 9.59 Å². The quantitative estimate of drug-likeness (QED) is 0.467. The lowest BCUT2D eigenvalue weighted by molar-refractivity contribution is -0.140. The normalized spacial score (nSPS) is 20.1. The molecule has 0 saturated carbocycles. The zero-order valence-corrected chi connectivity index (χ0v) is 7.19. The number of aliphatic carboxylic acids is 1. The van der Waals surface area contributed by atoms with Gasteiger partial charge >= 0.3 is 5.97 Å². The van der Waals surface area contributed by atoms with Crippen LogP contribution in [-0.4, -0.2) is 54.1 Å². The third kappa shape index (κ3) is 2.67. The van der Waals surface area contributed by atoms with Crippen LogP contribution < -0.4 is 11.1 Å². The fourth-order valence-electron chi connectivity index (χ4n) is 1.15. The summed E-state index contributed by atoms with van der Waals surface area (Å²) >= 11 is 0. The Labute approximate surface area is 75.7 Å². The van der Waals surface area contributed by atoms with Gasteiger partial charge in [-0.1, -0.05) is 0 Å². The van der Waals surface area contributed by atoms with Gasteiger partial charge in [-0.05, 0) is 0 Å². The summed E-state index contributed by atoms with van der Waals surface area (Å²) in [5.41, 5.74) is 5.30. The van der Waals surface area contributed by atoms with Crippen molar-refractivity contribution in [1.29, 1.82) is 0 Å². The van der Waals surface area contributed by atoms with Crippen LogP contribution in [0.2, 0.25) is 0 Å². The molecule has 0 radical (unpaired) electrons. The number of nitrogens with zero attached hydrogens (tertiary/aromatic N) is 1. The first kappa shape index (κ1) is 9.94. The first-order valence-corrected chi connectivity index (χ1v) is 4.08. The van der Waals surface area contributed by atoms with Crippen molar-refractivity contribution < 1.29 is 14.7 Å². The average Bonchev–Trinajstić information content (AvgIpc) is 2.08. The van der Waals surface area contributed by atoms with Gasteiger partial charge < -0.3 is 21.1 Å². The summed E-state index contributed by atoms with van der Waals surface area (Å²) in [6.07, 6.45) is 0. The van der Waals surface area contributed by atoms with Crippen molar-refractivity contribution in [3.05, 3.63) is 0 Å². The van der Waals surface area contributed by atoms with Crippen LogP contribution in [0.1, 0.15) is 0 Å². The molecule has 1 amide bonds. The number of carbonyl (C=O) groups is 2. The minimum absolute atomic E-state index is 0.0931. The zero-order chi connectivity index (χ0) is 9.84. The molecule has 6 heteroatoms. The first-order valence-electron chi connectivity index (χ1n) is 4.08. The molecule has 1 saturated heterocycles. The van der Waals surface area contributed by atoms with Crippen LogP contribution in [0.3, 0.4) is 0 Å². The molecular weight excluding hydrogens is 174 g/mol. The molecule has 0 bridgehead atoms. The lowest BCUT2D eigenvalue weighted by atomic mass is 10.2. The van der Waals surface area contributed by atoms with Crippen LogP contribution in [0.25, 0.3) is 0 Å². The van der Waals surface area contributed by atoms with Crippen molar-refractivity contribution in [2.75, 3.05) is 26.2 Å². The molecule has 13 heavy (non-hydrogen) atoms. The highest BCUT2D eigenvalue weighted by molar-refractivity contribution is 5.80. The van der Waals surface area contributed by atoms with Crippen molar-refractivity contribution in [2.24, 2.45) is 5.73 Å². The summed E-state index contributed by atoms with van der Waals surface area (Å²) in [5, 5.41) is 11.4. The van der Waals surface area contributed by atoms with E-state index in [-0.39, 0.29) is 19.0 Å². The Kier molecular flexibility index (Phi) is 3.21. The van der Waals surface area contributed by atoms with Gasteiger partial charge in [0.15, 0.2) is 0 Å². The van der Waals surface area contributed by atoms with Crippen molar-refractivity contribution in [2.45, 2.75) is 6.04 Å². The maximum absolute atomic E-state index is 11.2. The van der Waals surface area contributed by atoms with Crippen LogP contribution in [0.15, 0.2) is 0 Å². The lowest BCUT2D eigenvalue weighted by Crippen LogP contribution is -2.53. The fourth-order valence-corrected chi connectivity index (χ4v) is 1.15. The lowest BCUT2D eigenvalue weighted by Gasteiger charge is -2.28. The largest absolute Gasteiger partial charge is 0.480 e.